The Hall–Kier alpha value is -2.77. The molecule has 2 aromatic heterocycles. The molecule has 1 aliphatic rings. The Labute approximate surface area is 181 Å². The number of anilines is 1. The summed E-state index contributed by atoms with van der Waals surface area (Å²) in [5, 5.41) is 8.37. The quantitative estimate of drug-likeness (QED) is 0.613. The molecule has 1 fully saturated rings. The van der Waals surface area contributed by atoms with E-state index in [4.69, 9.17) is 0 Å². The molecule has 0 unspecified atom stereocenters. The van der Waals surface area contributed by atoms with E-state index in [-0.39, 0.29) is 6.03 Å². The number of carbonyl (C=O) groups excluding carboxylic acids is 1. The minimum absolute atomic E-state index is 0.191. The maximum Gasteiger partial charge on any atom is 0.321 e. The Balaban J connectivity index is 1.18. The summed E-state index contributed by atoms with van der Waals surface area (Å²) in [6.45, 7) is 5.97. The highest BCUT2D eigenvalue weighted by Crippen LogP contribution is 2.24. The zero-order valence-corrected chi connectivity index (χ0v) is 18.0. The lowest BCUT2D eigenvalue weighted by atomic mass is 9.96. The fourth-order valence-corrected chi connectivity index (χ4v) is 4.37. The third kappa shape index (κ3) is 5.64. The van der Waals surface area contributed by atoms with Crippen LogP contribution in [0.5, 0.6) is 0 Å². The number of nitrogens with zero attached hydrogens (tertiary/aromatic N) is 3. The van der Waals surface area contributed by atoms with Gasteiger partial charge in [-0.2, -0.15) is 0 Å². The first-order valence-electron chi connectivity index (χ1n) is 10.3. The molecule has 6 nitrogen and oxygen atoms in total. The monoisotopic (exact) mass is 421 g/mol. The van der Waals surface area contributed by atoms with Crippen LogP contribution in [0, 0.1) is 12.8 Å². The molecule has 7 heteroatoms. The number of amides is 2. The highest BCUT2D eigenvalue weighted by Gasteiger charge is 2.20. The molecule has 1 aliphatic heterocycles. The van der Waals surface area contributed by atoms with Gasteiger partial charge in [0.15, 0.2) is 5.13 Å². The summed E-state index contributed by atoms with van der Waals surface area (Å²) in [4.78, 5) is 23.3. The molecule has 3 heterocycles. The van der Waals surface area contributed by atoms with Crippen molar-refractivity contribution >= 4 is 22.5 Å². The van der Waals surface area contributed by atoms with E-state index in [2.05, 4.69) is 56.7 Å². The second-order valence-corrected chi connectivity index (χ2v) is 8.68. The third-order valence-corrected chi connectivity index (χ3v) is 6.22. The van der Waals surface area contributed by atoms with E-state index >= 15 is 0 Å². The molecular formula is C23H27N5OS. The molecule has 1 saturated heterocycles. The van der Waals surface area contributed by atoms with Crippen molar-refractivity contribution in [2.45, 2.75) is 26.3 Å². The first-order valence-corrected chi connectivity index (χ1v) is 11.2. The molecular weight excluding hydrogens is 394 g/mol. The second-order valence-electron chi connectivity index (χ2n) is 7.82. The van der Waals surface area contributed by atoms with E-state index in [1.165, 1.54) is 22.5 Å². The van der Waals surface area contributed by atoms with Crippen LogP contribution in [0.4, 0.5) is 9.93 Å². The average molecular weight is 422 g/mol. The highest BCUT2D eigenvalue weighted by atomic mass is 32.1. The van der Waals surface area contributed by atoms with Crippen molar-refractivity contribution in [3.63, 3.8) is 0 Å². The number of pyridine rings is 1. The van der Waals surface area contributed by atoms with Crippen LogP contribution in [-0.2, 0) is 6.54 Å². The Bertz CT molecular complexity index is 949. The second kappa shape index (κ2) is 9.82. The van der Waals surface area contributed by atoms with Gasteiger partial charge in [-0.25, -0.2) is 9.78 Å². The molecule has 2 N–H and O–H groups in total. The van der Waals surface area contributed by atoms with Crippen LogP contribution in [0.2, 0.25) is 0 Å². The number of rotatable bonds is 6. The number of aromatic nitrogens is 2. The van der Waals surface area contributed by atoms with E-state index in [0.29, 0.717) is 17.6 Å². The van der Waals surface area contributed by atoms with Crippen LogP contribution in [0.25, 0.3) is 11.3 Å². The maximum absolute atomic E-state index is 12.3. The molecule has 0 spiro atoms. The van der Waals surface area contributed by atoms with Crippen LogP contribution < -0.4 is 10.6 Å². The summed E-state index contributed by atoms with van der Waals surface area (Å²) in [6.07, 6.45) is 5.71. The van der Waals surface area contributed by atoms with Gasteiger partial charge in [-0.1, -0.05) is 29.8 Å². The lowest BCUT2D eigenvalue weighted by Gasteiger charge is -2.32. The van der Waals surface area contributed by atoms with Gasteiger partial charge in [0.1, 0.15) is 0 Å². The van der Waals surface area contributed by atoms with E-state index in [1.807, 2.05) is 17.5 Å². The fraction of sp³-hybridized carbons (Fsp3) is 0.348. The van der Waals surface area contributed by atoms with Crippen LogP contribution in [0.1, 0.15) is 24.0 Å². The summed E-state index contributed by atoms with van der Waals surface area (Å²) < 4.78 is 0. The van der Waals surface area contributed by atoms with Crippen molar-refractivity contribution in [1.82, 2.24) is 20.2 Å². The van der Waals surface area contributed by atoms with Gasteiger partial charge in [0.2, 0.25) is 0 Å². The van der Waals surface area contributed by atoms with Gasteiger partial charge in [-0.15, -0.1) is 11.3 Å². The van der Waals surface area contributed by atoms with Crippen molar-refractivity contribution in [2.75, 3.05) is 25.0 Å². The summed E-state index contributed by atoms with van der Waals surface area (Å²) in [5.74, 6) is 0.521. The maximum atomic E-state index is 12.3. The van der Waals surface area contributed by atoms with Crippen molar-refractivity contribution in [2.24, 2.45) is 5.92 Å². The molecule has 2 amide bonds. The Kier molecular flexibility index (Phi) is 6.71. The number of urea groups is 1. The first-order chi connectivity index (χ1) is 14.7. The van der Waals surface area contributed by atoms with Gasteiger partial charge in [0, 0.05) is 36.4 Å². The van der Waals surface area contributed by atoms with Crippen LogP contribution in [-0.4, -0.2) is 40.5 Å². The molecule has 156 valence electrons. The number of hydrogen-bond donors (Lipinski definition) is 2. The molecule has 3 aromatic rings. The number of nitrogens with one attached hydrogen (secondary N) is 2. The lowest BCUT2D eigenvalue weighted by molar-refractivity contribution is 0.175. The lowest BCUT2D eigenvalue weighted by Crippen LogP contribution is -2.39. The van der Waals surface area contributed by atoms with Gasteiger partial charge in [0.05, 0.1) is 5.69 Å². The Morgan fingerprint density at radius 2 is 2.00 bits per heavy atom. The Morgan fingerprint density at radius 3 is 2.73 bits per heavy atom. The van der Waals surface area contributed by atoms with Gasteiger partial charge in [0.25, 0.3) is 0 Å². The minimum Gasteiger partial charge on any atom is -0.338 e. The van der Waals surface area contributed by atoms with E-state index < -0.39 is 0 Å². The van der Waals surface area contributed by atoms with E-state index in [0.717, 1.165) is 43.7 Å². The number of aryl methyl sites for hydroxylation is 1. The molecule has 30 heavy (non-hydrogen) atoms. The highest BCUT2D eigenvalue weighted by molar-refractivity contribution is 7.14. The van der Waals surface area contributed by atoms with E-state index in [1.54, 1.807) is 12.4 Å². The third-order valence-electron chi connectivity index (χ3n) is 5.47. The number of benzene rings is 1. The van der Waals surface area contributed by atoms with Crippen LogP contribution in [0.15, 0.2) is 54.2 Å². The van der Waals surface area contributed by atoms with E-state index in [9.17, 15) is 4.79 Å². The summed E-state index contributed by atoms with van der Waals surface area (Å²) in [6, 6.07) is 12.4. The van der Waals surface area contributed by atoms with Gasteiger partial charge >= 0.3 is 6.03 Å². The number of hydrogen-bond acceptors (Lipinski definition) is 5. The standard InChI is InChI=1S/C23H27N5OS/c1-17-4-6-19(7-5-17)15-28-11-8-18(9-12-28)13-25-22(29)27-23-26-21(16-30-23)20-3-2-10-24-14-20/h2-7,10,14,16,18H,8-9,11-13,15H2,1H3,(H2,25,26,27,29). The normalized spacial score (nSPS) is 15.1. The number of piperidine rings is 1. The molecule has 0 bridgehead atoms. The van der Waals surface area contributed by atoms with Gasteiger partial charge < -0.3 is 5.32 Å². The zero-order valence-electron chi connectivity index (χ0n) is 17.2. The number of thiazole rings is 1. The van der Waals surface area contributed by atoms with Crippen molar-refractivity contribution in [1.29, 1.82) is 0 Å². The molecule has 0 saturated carbocycles. The predicted octanol–water partition coefficient (Wildman–Crippen LogP) is 4.55. The topological polar surface area (TPSA) is 70.2 Å². The van der Waals surface area contributed by atoms with Gasteiger partial charge in [-0.3, -0.25) is 15.2 Å². The summed E-state index contributed by atoms with van der Waals surface area (Å²) in [7, 11) is 0. The minimum atomic E-state index is -0.191. The molecule has 0 atom stereocenters. The van der Waals surface area contributed by atoms with Gasteiger partial charge in [-0.05, 0) is 56.5 Å². The molecule has 0 radical (unpaired) electrons. The fourth-order valence-electron chi connectivity index (χ4n) is 3.66. The SMILES string of the molecule is Cc1ccc(CN2CCC(CNC(=O)Nc3nc(-c4cccnc4)cs3)CC2)cc1. The summed E-state index contributed by atoms with van der Waals surface area (Å²) in [5.41, 5.74) is 4.43. The molecule has 0 aliphatic carbocycles. The Morgan fingerprint density at radius 1 is 1.20 bits per heavy atom. The largest absolute Gasteiger partial charge is 0.338 e. The first kappa shape index (κ1) is 20.5. The van der Waals surface area contributed by atoms with Crippen LogP contribution >= 0.6 is 11.3 Å². The van der Waals surface area contributed by atoms with Crippen molar-refractivity contribution < 1.29 is 4.79 Å². The predicted molar refractivity (Wildman–Crippen MR) is 122 cm³/mol. The average Bonchev–Trinajstić information content (AvgIpc) is 3.24. The smallest absolute Gasteiger partial charge is 0.321 e. The molecule has 1 aromatic carbocycles. The zero-order chi connectivity index (χ0) is 20.8. The number of likely N-dealkylation sites (tertiary alicyclic amines) is 1. The molecule has 4 rings (SSSR count). The van der Waals surface area contributed by atoms with Crippen molar-refractivity contribution in [3.05, 3.63) is 65.3 Å². The number of carbonyl (C=O) groups is 1. The van der Waals surface area contributed by atoms with Crippen LogP contribution in [0.3, 0.4) is 0 Å². The van der Waals surface area contributed by atoms with Crippen molar-refractivity contribution in [3.8, 4) is 11.3 Å². The summed E-state index contributed by atoms with van der Waals surface area (Å²) >= 11 is 1.42.